The Kier molecular flexibility index (Phi) is 5.61. The van der Waals surface area contributed by atoms with Gasteiger partial charge in [0.25, 0.3) is 0 Å². The summed E-state index contributed by atoms with van der Waals surface area (Å²) in [6.45, 7) is 3.53. The van der Waals surface area contributed by atoms with Crippen molar-refractivity contribution in [2.75, 3.05) is 16.2 Å². The molecule has 1 aromatic carbocycles. The molecule has 0 fully saturated rings. The van der Waals surface area contributed by atoms with Crippen molar-refractivity contribution in [2.45, 2.75) is 26.1 Å². The highest BCUT2D eigenvalue weighted by molar-refractivity contribution is 6.36. The average Bonchev–Trinajstić information content (AvgIpc) is 2.44. The van der Waals surface area contributed by atoms with Crippen molar-refractivity contribution >= 4 is 40.7 Å². The summed E-state index contributed by atoms with van der Waals surface area (Å²) in [5.41, 5.74) is 4.64. The first kappa shape index (κ1) is 18.4. The molecule has 10 heteroatoms. The molecule has 0 aliphatic rings. The van der Waals surface area contributed by atoms with Gasteiger partial charge in [0.05, 0.1) is 10.7 Å². The maximum absolute atomic E-state index is 13.0. The van der Waals surface area contributed by atoms with Crippen molar-refractivity contribution in [1.82, 2.24) is 9.97 Å². The molecule has 24 heavy (non-hydrogen) atoms. The Balaban J connectivity index is 2.24. The second-order valence-electron chi connectivity index (χ2n) is 5.13. The fourth-order valence-corrected chi connectivity index (χ4v) is 2.16. The number of nitrogens with one attached hydrogen (secondary N) is 3. The maximum Gasteiger partial charge on any atom is 0.433 e. The Bertz CT molecular complexity index is 722. The molecular weight excluding hydrogens is 366 g/mol. The third kappa shape index (κ3) is 5.04. The van der Waals surface area contributed by atoms with Crippen LogP contribution in [-0.2, 0) is 6.18 Å². The molecule has 3 N–H and O–H groups in total. The predicted molar refractivity (Wildman–Crippen MR) is 89.5 cm³/mol. The number of nitrogens with zero attached hydrogens (tertiary/aromatic N) is 2. The van der Waals surface area contributed by atoms with Crippen molar-refractivity contribution in [3.63, 3.8) is 0 Å². The van der Waals surface area contributed by atoms with Gasteiger partial charge in [-0.05, 0) is 32.0 Å². The first-order valence-corrected chi connectivity index (χ1v) is 7.60. The zero-order chi connectivity index (χ0) is 17.9. The van der Waals surface area contributed by atoms with Gasteiger partial charge in [0.2, 0.25) is 5.95 Å². The Labute approximate surface area is 146 Å². The molecule has 2 rings (SSSR count). The second-order valence-corrected chi connectivity index (χ2v) is 5.98. The van der Waals surface area contributed by atoms with Crippen molar-refractivity contribution in [3.05, 3.63) is 40.0 Å². The summed E-state index contributed by atoms with van der Waals surface area (Å²) in [6, 6.07) is 5.34. The lowest BCUT2D eigenvalue weighted by atomic mass is 10.3. The van der Waals surface area contributed by atoms with E-state index in [1.165, 1.54) is 6.07 Å². The molecule has 0 aliphatic heterocycles. The molecule has 0 aliphatic carbocycles. The molecule has 5 nitrogen and oxygen atoms in total. The topological polar surface area (TPSA) is 61.9 Å². The minimum Gasteiger partial charge on any atom is -0.352 e. The molecular formula is C14H14Cl2F3N5. The number of rotatable bonds is 5. The number of anilines is 3. The van der Waals surface area contributed by atoms with Gasteiger partial charge in [-0.3, -0.25) is 10.9 Å². The quantitative estimate of drug-likeness (QED) is 0.633. The van der Waals surface area contributed by atoms with E-state index in [0.29, 0.717) is 15.7 Å². The lowest BCUT2D eigenvalue weighted by molar-refractivity contribution is -0.141. The van der Waals surface area contributed by atoms with E-state index in [0.717, 1.165) is 6.07 Å². The van der Waals surface area contributed by atoms with E-state index < -0.39 is 11.9 Å². The van der Waals surface area contributed by atoms with E-state index in [1.54, 1.807) is 26.0 Å². The number of hydrogen-bond acceptors (Lipinski definition) is 5. The largest absolute Gasteiger partial charge is 0.433 e. The zero-order valence-corrected chi connectivity index (χ0v) is 14.2. The summed E-state index contributed by atoms with van der Waals surface area (Å²) in [5.74, 6) is -0.196. The number of hydrazine groups is 1. The van der Waals surface area contributed by atoms with E-state index >= 15 is 0 Å². The standard InChI is InChI=1S/C14H14Cl2F3N5/c1-7(2)20-13-21-11(14(17,18)19)6-12(22-13)24-23-10-4-3-8(15)5-9(10)16/h3-7,23H,1-2H3,(H2,20,21,22,24). The van der Waals surface area contributed by atoms with E-state index in [1.807, 2.05) is 0 Å². The highest BCUT2D eigenvalue weighted by atomic mass is 35.5. The minimum absolute atomic E-state index is 0.0634. The summed E-state index contributed by atoms with van der Waals surface area (Å²) in [6.07, 6.45) is -4.59. The molecule has 0 atom stereocenters. The van der Waals surface area contributed by atoms with Crippen LogP contribution in [0.4, 0.5) is 30.6 Å². The summed E-state index contributed by atoms with van der Waals surface area (Å²) >= 11 is 11.8. The highest BCUT2D eigenvalue weighted by Crippen LogP contribution is 2.30. The average molecular weight is 380 g/mol. The molecule has 2 aromatic rings. The van der Waals surface area contributed by atoms with Crippen molar-refractivity contribution in [2.24, 2.45) is 0 Å². The van der Waals surface area contributed by atoms with Crippen molar-refractivity contribution < 1.29 is 13.2 Å². The van der Waals surface area contributed by atoms with Gasteiger partial charge in [-0.1, -0.05) is 23.2 Å². The predicted octanol–water partition coefficient (Wildman–Crippen LogP) is 5.06. The van der Waals surface area contributed by atoms with Crippen LogP contribution in [0.5, 0.6) is 0 Å². The van der Waals surface area contributed by atoms with Gasteiger partial charge in [-0.15, -0.1) is 0 Å². The van der Waals surface area contributed by atoms with Crippen LogP contribution in [0.15, 0.2) is 24.3 Å². The van der Waals surface area contributed by atoms with E-state index in [9.17, 15) is 13.2 Å². The Morgan fingerprint density at radius 2 is 1.75 bits per heavy atom. The fraction of sp³-hybridized carbons (Fsp3) is 0.286. The number of hydrogen-bond donors (Lipinski definition) is 3. The van der Waals surface area contributed by atoms with Crippen LogP contribution >= 0.6 is 23.2 Å². The molecule has 0 radical (unpaired) electrons. The van der Waals surface area contributed by atoms with Crippen LogP contribution in [0.25, 0.3) is 0 Å². The molecule has 0 amide bonds. The maximum atomic E-state index is 13.0. The fourth-order valence-electron chi connectivity index (χ4n) is 1.70. The van der Waals surface area contributed by atoms with Gasteiger partial charge in [0, 0.05) is 17.1 Å². The Morgan fingerprint density at radius 1 is 1.04 bits per heavy atom. The summed E-state index contributed by atoms with van der Waals surface area (Å²) < 4.78 is 38.9. The smallest absolute Gasteiger partial charge is 0.352 e. The van der Waals surface area contributed by atoms with Gasteiger partial charge in [-0.25, -0.2) is 4.98 Å². The first-order chi connectivity index (χ1) is 11.1. The third-order valence-electron chi connectivity index (χ3n) is 2.69. The summed E-state index contributed by atoms with van der Waals surface area (Å²) in [4.78, 5) is 7.45. The zero-order valence-electron chi connectivity index (χ0n) is 12.7. The van der Waals surface area contributed by atoms with Crippen LogP contribution in [0, 0.1) is 0 Å². The van der Waals surface area contributed by atoms with Crippen LogP contribution < -0.4 is 16.2 Å². The highest BCUT2D eigenvalue weighted by Gasteiger charge is 2.33. The van der Waals surface area contributed by atoms with E-state index in [-0.39, 0.29) is 17.8 Å². The van der Waals surface area contributed by atoms with E-state index in [2.05, 4.69) is 26.1 Å². The second kappa shape index (κ2) is 7.31. The normalized spacial score (nSPS) is 11.5. The number of benzene rings is 1. The molecule has 130 valence electrons. The molecule has 0 unspecified atom stereocenters. The lowest BCUT2D eigenvalue weighted by Gasteiger charge is -2.15. The minimum atomic E-state index is -4.59. The molecule has 1 aromatic heterocycles. The lowest BCUT2D eigenvalue weighted by Crippen LogP contribution is -2.19. The SMILES string of the molecule is CC(C)Nc1nc(NNc2ccc(Cl)cc2Cl)cc(C(F)(F)F)n1. The van der Waals surface area contributed by atoms with Crippen LogP contribution in [-0.4, -0.2) is 16.0 Å². The van der Waals surface area contributed by atoms with Crippen LogP contribution in [0.3, 0.4) is 0 Å². The first-order valence-electron chi connectivity index (χ1n) is 6.85. The van der Waals surface area contributed by atoms with Crippen LogP contribution in [0.1, 0.15) is 19.5 Å². The molecule has 0 spiro atoms. The molecule has 0 saturated carbocycles. The number of alkyl halides is 3. The van der Waals surface area contributed by atoms with Gasteiger partial charge in [0.1, 0.15) is 0 Å². The van der Waals surface area contributed by atoms with Gasteiger partial charge < -0.3 is 5.32 Å². The van der Waals surface area contributed by atoms with Crippen LogP contribution in [0.2, 0.25) is 10.0 Å². The number of aromatic nitrogens is 2. The number of halogens is 5. The summed E-state index contributed by atoms with van der Waals surface area (Å²) in [5, 5.41) is 3.49. The Hall–Kier alpha value is -1.93. The van der Waals surface area contributed by atoms with Crippen molar-refractivity contribution in [3.8, 4) is 0 Å². The third-order valence-corrected chi connectivity index (χ3v) is 3.24. The van der Waals surface area contributed by atoms with Gasteiger partial charge in [-0.2, -0.15) is 18.2 Å². The van der Waals surface area contributed by atoms with Gasteiger partial charge >= 0.3 is 6.18 Å². The summed E-state index contributed by atoms with van der Waals surface area (Å²) in [7, 11) is 0. The monoisotopic (exact) mass is 379 g/mol. The van der Waals surface area contributed by atoms with E-state index in [4.69, 9.17) is 23.2 Å². The molecule has 0 saturated heterocycles. The Morgan fingerprint density at radius 3 is 2.33 bits per heavy atom. The van der Waals surface area contributed by atoms with Gasteiger partial charge in [0.15, 0.2) is 11.5 Å². The van der Waals surface area contributed by atoms with Crippen molar-refractivity contribution in [1.29, 1.82) is 0 Å². The molecule has 0 bridgehead atoms. The molecule has 1 heterocycles.